The fraction of sp³-hybridized carbons (Fsp3) is 0.538. The van der Waals surface area contributed by atoms with Gasteiger partial charge in [-0.1, -0.05) is 46.3 Å². The molecule has 1 aromatic carbocycles. The van der Waals surface area contributed by atoms with Gasteiger partial charge in [-0.25, -0.2) is 8.42 Å². The van der Waals surface area contributed by atoms with Gasteiger partial charge in [0.2, 0.25) is 10.0 Å². The first-order valence-electron chi connectivity index (χ1n) is 6.41. The van der Waals surface area contributed by atoms with Crippen molar-refractivity contribution in [3.8, 4) is 0 Å². The largest absolute Gasteiger partial charge is 0.394 e. The third-order valence-corrected chi connectivity index (χ3v) is 7.96. The molecule has 1 atom stereocenters. The molecule has 20 heavy (non-hydrogen) atoms. The minimum atomic E-state index is -3.71. The molecule has 1 unspecified atom stereocenters. The van der Waals surface area contributed by atoms with Crippen molar-refractivity contribution in [3.05, 3.63) is 28.8 Å². The van der Waals surface area contributed by atoms with Crippen molar-refractivity contribution < 1.29 is 13.5 Å². The summed E-state index contributed by atoms with van der Waals surface area (Å²) in [5.41, 5.74) is 0.625. The molecule has 0 aromatic heterocycles. The van der Waals surface area contributed by atoms with Crippen LogP contribution in [-0.2, 0) is 10.0 Å². The van der Waals surface area contributed by atoms with Gasteiger partial charge >= 0.3 is 0 Å². The number of halogens is 2. The molecule has 0 aliphatic carbocycles. The molecule has 1 heterocycles. The summed E-state index contributed by atoms with van der Waals surface area (Å²) in [6.45, 7) is 1.95. The maximum Gasteiger partial charge on any atom is 0.246 e. The molecule has 1 aromatic rings. The van der Waals surface area contributed by atoms with Gasteiger partial charge in [0.25, 0.3) is 0 Å². The van der Waals surface area contributed by atoms with E-state index in [2.05, 4.69) is 0 Å². The molecule has 1 N–H and O–H groups in total. The van der Waals surface area contributed by atoms with Crippen LogP contribution in [0.15, 0.2) is 23.1 Å². The van der Waals surface area contributed by atoms with Crippen molar-refractivity contribution >= 4 is 44.2 Å². The van der Waals surface area contributed by atoms with Crippen molar-refractivity contribution in [1.82, 2.24) is 4.31 Å². The molecular weight excluding hydrogens is 413 g/mol. The van der Waals surface area contributed by atoms with Crippen molar-refractivity contribution in [2.75, 3.05) is 13.2 Å². The van der Waals surface area contributed by atoms with Crippen LogP contribution in [0.25, 0.3) is 0 Å². The van der Waals surface area contributed by atoms with Crippen molar-refractivity contribution in [1.29, 1.82) is 0 Å². The van der Waals surface area contributed by atoms with Crippen LogP contribution in [0.2, 0.25) is 5.02 Å². The predicted molar refractivity (Wildman–Crippen MR) is 87.8 cm³/mol. The monoisotopic (exact) mass is 429 g/mol. The van der Waals surface area contributed by atoms with Gasteiger partial charge in [0, 0.05) is 6.54 Å². The van der Waals surface area contributed by atoms with Gasteiger partial charge in [-0.15, -0.1) is 0 Å². The molecule has 1 aliphatic heterocycles. The zero-order valence-corrected chi connectivity index (χ0v) is 14.9. The smallest absolute Gasteiger partial charge is 0.246 e. The summed E-state index contributed by atoms with van der Waals surface area (Å²) in [4.78, 5) is 0.151. The first-order chi connectivity index (χ1) is 9.33. The third kappa shape index (κ3) is 2.85. The molecule has 7 heteroatoms. The number of hydrogen-bond acceptors (Lipinski definition) is 3. The van der Waals surface area contributed by atoms with Crippen LogP contribution in [0.4, 0.5) is 0 Å². The van der Waals surface area contributed by atoms with Crippen molar-refractivity contribution in [2.45, 2.75) is 34.6 Å². The second kappa shape index (κ2) is 6.08. The summed E-state index contributed by atoms with van der Waals surface area (Å²) < 4.78 is 26.5. The minimum Gasteiger partial charge on any atom is -0.394 e. The molecule has 2 rings (SSSR count). The van der Waals surface area contributed by atoms with E-state index in [9.17, 15) is 13.5 Å². The van der Waals surface area contributed by atoms with Gasteiger partial charge in [-0.3, -0.25) is 0 Å². The Morgan fingerprint density at radius 3 is 2.75 bits per heavy atom. The van der Waals surface area contributed by atoms with Gasteiger partial charge in [0.15, 0.2) is 0 Å². The molecule has 4 nitrogen and oxygen atoms in total. The predicted octanol–water partition coefficient (Wildman–Crippen LogP) is 2.95. The lowest BCUT2D eigenvalue weighted by Gasteiger charge is -2.41. The van der Waals surface area contributed by atoms with Crippen LogP contribution in [0.5, 0.6) is 0 Å². The van der Waals surface area contributed by atoms with E-state index in [4.69, 9.17) is 11.6 Å². The lowest BCUT2D eigenvalue weighted by Crippen LogP contribution is -2.52. The number of hydrogen-bond donors (Lipinski definition) is 1. The molecular formula is C13H17ClINO3S. The number of alkyl halides is 1. The van der Waals surface area contributed by atoms with Crippen molar-refractivity contribution in [2.24, 2.45) is 0 Å². The number of aliphatic hydroxyl groups excluding tert-OH is 1. The average Bonchev–Trinajstić information content (AvgIpc) is 2.38. The first-order valence-corrected chi connectivity index (χ1v) is 9.30. The Bertz CT molecular complexity index is 587. The van der Waals surface area contributed by atoms with Crippen LogP contribution in [-0.4, -0.2) is 34.5 Å². The van der Waals surface area contributed by atoms with Gasteiger partial charge in [-0.05, 0) is 37.8 Å². The topological polar surface area (TPSA) is 57.6 Å². The van der Waals surface area contributed by atoms with E-state index in [1.807, 2.05) is 22.6 Å². The number of rotatable bonds is 3. The average molecular weight is 430 g/mol. The Hall–Kier alpha value is 0.110. The quantitative estimate of drug-likeness (QED) is 0.457. The van der Waals surface area contributed by atoms with Gasteiger partial charge in [0.1, 0.15) is 8.44 Å². The zero-order chi connectivity index (χ0) is 15.0. The highest BCUT2D eigenvalue weighted by atomic mass is 127. The van der Waals surface area contributed by atoms with E-state index < -0.39 is 13.6 Å². The number of sulfonamides is 1. The summed E-state index contributed by atoms with van der Waals surface area (Å²) in [6, 6.07) is 5.05. The van der Waals surface area contributed by atoms with Crippen LogP contribution >= 0.6 is 34.2 Å². The molecule has 112 valence electrons. The molecule has 1 fully saturated rings. The van der Waals surface area contributed by atoms with E-state index >= 15 is 0 Å². The van der Waals surface area contributed by atoms with E-state index in [0.717, 1.165) is 12.8 Å². The lowest BCUT2D eigenvalue weighted by molar-refractivity contribution is 0.143. The SMILES string of the molecule is Cc1cccc(Cl)c1S(=O)(=O)N1CCCCC1(I)CO. The molecule has 0 amide bonds. The Morgan fingerprint density at radius 2 is 2.15 bits per heavy atom. The van der Waals surface area contributed by atoms with Crippen LogP contribution < -0.4 is 0 Å². The van der Waals surface area contributed by atoms with Crippen LogP contribution in [0, 0.1) is 6.92 Å². The molecule has 1 saturated heterocycles. The number of nitrogens with zero attached hydrogens (tertiary/aromatic N) is 1. The fourth-order valence-electron chi connectivity index (χ4n) is 2.52. The van der Waals surface area contributed by atoms with Gasteiger partial charge < -0.3 is 5.11 Å². The summed E-state index contributed by atoms with van der Waals surface area (Å²) in [5.74, 6) is 0. The summed E-state index contributed by atoms with van der Waals surface area (Å²) in [6.07, 6.45) is 2.36. The molecule has 0 saturated carbocycles. The zero-order valence-electron chi connectivity index (χ0n) is 11.1. The Labute approximate surface area is 138 Å². The Kier molecular flexibility index (Phi) is 5.01. The Morgan fingerprint density at radius 1 is 1.45 bits per heavy atom. The molecule has 0 spiro atoms. The fourth-order valence-corrected chi connectivity index (χ4v) is 6.40. The standard InChI is InChI=1S/C13H17ClINO3S/c1-10-5-4-6-11(14)12(10)20(18,19)16-8-3-2-7-13(16,15)9-17/h4-6,17H,2-3,7-9H2,1H3. The highest BCUT2D eigenvalue weighted by molar-refractivity contribution is 14.1. The molecule has 0 bridgehead atoms. The minimum absolute atomic E-state index is 0.151. The second-order valence-corrected chi connectivity index (χ2v) is 9.21. The van der Waals surface area contributed by atoms with Crippen LogP contribution in [0.1, 0.15) is 24.8 Å². The van der Waals surface area contributed by atoms with E-state index in [1.54, 1.807) is 25.1 Å². The summed E-state index contributed by atoms with van der Waals surface area (Å²) >= 11 is 8.14. The third-order valence-electron chi connectivity index (χ3n) is 3.57. The van der Waals surface area contributed by atoms with Crippen molar-refractivity contribution in [3.63, 3.8) is 0 Å². The summed E-state index contributed by atoms with van der Waals surface area (Å²) in [7, 11) is -3.71. The molecule has 0 radical (unpaired) electrons. The van der Waals surface area contributed by atoms with Gasteiger partial charge in [-0.2, -0.15) is 4.31 Å². The summed E-state index contributed by atoms with van der Waals surface area (Å²) in [5, 5.41) is 9.85. The van der Waals surface area contributed by atoms with Gasteiger partial charge in [0.05, 0.1) is 11.6 Å². The maximum atomic E-state index is 12.9. The lowest BCUT2D eigenvalue weighted by atomic mass is 10.1. The number of aliphatic hydroxyl groups is 1. The van der Waals surface area contributed by atoms with E-state index in [0.29, 0.717) is 18.5 Å². The van der Waals surface area contributed by atoms with E-state index in [1.165, 1.54) is 4.31 Å². The Balaban J connectivity index is 2.54. The second-order valence-electron chi connectivity index (χ2n) is 5.00. The van der Waals surface area contributed by atoms with Crippen LogP contribution in [0.3, 0.4) is 0 Å². The number of benzene rings is 1. The molecule has 1 aliphatic rings. The maximum absolute atomic E-state index is 12.9. The van der Waals surface area contributed by atoms with E-state index in [-0.39, 0.29) is 16.5 Å². The number of aryl methyl sites for hydroxylation is 1. The normalized spacial score (nSPS) is 24.8. The number of piperidine rings is 1. The highest BCUT2D eigenvalue weighted by Gasteiger charge is 2.44. The highest BCUT2D eigenvalue weighted by Crippen LogP contribution is 2.40. The first kappa shape index (κ1) is 16.5.